The van der Waals surface area contributed by atoms with Crippen LogP contribution < -0.4 is 9.80 Å². The summed E-state index contributed by atoms with van der Waals surface area (Å²) in [4.78, 5) is 34.5. The topological polar surface area (TPSA) is 54.2 Å². The van der Waals surface area contributed by atoms with Crippen LogP contribution in [0, 0.1) is 13.8 Å². The molecule has 2 aliphatic heterocycles. The van der Waals surface area contributed by atoms with Crippen LogP contribution in [0.25, 0.3) is 0 Å². The van der Waals surface area contributed by atoms with Gasteiger partial charge >= 0.3 is 0 Å². The molecule has 2 heterocycles. The van der Waals surface area contributed by atoms with Gasteiger partial charge in [0.2, 0.25) is 5.91 Å². The summed E-state index contributed by atoms with van der Waals surface area (Å²) in [5, 5.41) is 0. The number of nitrogens with zero attached hydrogens (tertiary/aromatic N) is 2. The first kappa shape index (κ1) is 20.5. The van der Waals surface area contributed by atoms with E-state index in [4.69, 9.17) is 4.99 Å². The Hall–Kier alpha value is -2.79. The average molecular weight is 405 g/mol. The standard InChI is InChI=1S/C25H29N3O2/c1-4-27-14-8-11-19(27)15-26-16-22-20-12-5-6-13-21(20)24(29)28(25(22)30)23-17(2)9-7-10-18(23)3/h5-7,9-10,12-13,16,19,22H,4,8,11,14-15H2,1-3H3/p+1/t19-,22?/m1/s1. The predicted molar refractivity (Wildman–Crippen MR) is 120 cm³/mol. The number of hydrogen-bond acceptors (Lipinski definition) is 3. The highest BCUT2D eigenvalue weighted by atomic mass is 16.2. The van der Waals surface area contributed by atoms with Crippen LogP contribution in [0.5, 0.6) is 0 Å². The number of benzene rings is 2. The summed E-state index contributed by atoms with van der Waals surface area (Å²) in [6.07, 6.45) is 4.20. The fourth-order valence-electron chi connectivity index (χ4n) is 4.93. The van der Waals surface area contributed by atoms with Crippen LogP contribution in [0.2, 0.25) is 0 Å². The van der Waals surface area contributed by atoms with Gasteiger partial charge in [0.05, 0.1) is 31.2 Å². The number of carbonyl (C=O) groups is 2. The van der Waals surface area contributed by atoms with Crippen molar-refractivity contribution >= 4 is 23.7 Å². The second-order valence-electron chi connectivity index (χ2n) is 8.40. The number of fused-ring (bicyclic) bond motifs is 1. The lowest BCUT2D eigenvalue weighted by molar-refractivity contribution is -0.908. The van der Waals surface area contributed by atoms with Gasteiger partial charge in [0.25, 0.3) is 5.91 Å². The van der Waals surface area contributed by atoms with Gasteiger partial charge in [-0.3, -0.25) is 14.6 Å². The van der Waals surface area contributed by atoms with E-state index in [0.29, 0.717) is 17.3 Å². The third-order valence-electron chi connectivity index (χ3n) is 6.54. The van der Waals surface area contributed by atoms with E-state index in [2.05, 4.69) is 6.92 Å². The number of aryl methyl sites for hydroxylation is 2. The number of rotatable bonds is 5. The molecule has 4 rings (SSSR count). The first-order valence-corrected chi connectivity index (χ1v) is 10.9. The second kappa shape index (κ2) is 8.52. The molecule has 2 aromatic rings. The summed E-state index contributed by atoms with van der Waals surface area (Å²) in [5.74, 6) is -1.01. The monoisotopic (exact) mass is 404 g/mol. The second-order valence-corrected chi connectivity index (χ2v) is 8.40. The molecule has 0 spiro atoms. The molecule has 1 saturated heterocycles. The zero-order chi connectivity index (χ0) is 21.3. The third-order valence-corrected chi connectivity index (χ3v) is 6.54. The fraction of sp³-hybridized carbons (Fsp3) is 0.400. The van der Waals surface area contributed by atoms with E-state index in [0.717, 1.165) is 29.8 Å². The summed E-state index contributed by atoms with van der Waals surface area (Å²) in [5.41, 5.74) is 3.86. The van der Waals surface area contributed by atoms with Crippen molar-refractivity contribution in [3.63, 3.8) is 0 Å². The van der Waals surface area contributed by atoms with Gasteiger partial charge in [0.1, 0.15) is 6.04 Å². The van der Waals surface area contributed by atoms with Crippen molar-refractivity contribution in [2.45, 2.75) is 45.6 Å². The minimum absolute atomic E-state index is 0.217. The highest BCUT2D eigenvalue weighted by Gasteiger charge is 2.40. The maximum atomic E-state index is 13.6. The molecule has 0 aliphatic carbocycles. The quantitative estimate of drug-likeness (QED) is 0.615. The van der Waals surface area contributed by atoms with Gasteiger partial charge in [0.15, 0.2) is 0 Å². The van der Waals surface area contributed by atoms with Gasteiger partial charge in [0, 0.05) is 24.6 Å². The predicted octanol–water partition coefficient (Wildman–Crippen LogP) is 2.71. The number of likely N-dealkylation sites (tertiary alicyclic amines) is 1. The number of likely N-dealkylation sites (N-methyl/N-ethyl adjacent to an activating group) is 1. The summed E-state index contributed by atoms with van der Waals surface area (Å²) in [6, 6.07) is 13.8. The maximum Gasteiger partial charge on any atom is 0.265 e. The number of hydrogen-bond donors (Lipinski definition) is 1. The van der Waals surface area contributed by atoms with Gasteiger partial charge in [-0.15, -0.1) is 0 Å². The van der Waals surface area contributed by atoms with Crippen molar-refractivity contribution in [3.8, 4) is 0 Å². The number of aliphatic imine (C=N–C) groups is 1. The third kappa shape index (κ3) is 3.58. The van der Waals surface area contributed by atoms with Crippen molar-refractivity contribution in [3.05, 3.63) is 64.7 Å². The van der Waals surface area contributed by atoms with E-state index in [1.165, 1.54) is 24.3 Å². The number of nitrogens with one attached hydrogen (secondary N) is 1. The molecular formula is C25H30N3O2+. The number of para-hydroxylation sites is 1. The summed E-state index contributed by atoms with van der Waals surface area (Å²) in [6.45, 7) is 9.14. The van der Waals surface area contributed by atoms with Gasteiger partial charge in [-0.05, 0) is 43.5 Å². The van der Waals surface area contributed by atoms with E-state index in [1.54, 1.807) is 11.1 Å². The van der Waals surface area contributed by atoms with E-state index < -0.39 is 5.92 Å². The molecule has 5 nitrogen and oxygen atoms in total. The Labute approximate surface area is 178 Å². The van der Waals surface area contributed by atoms with Crippen LogP contribution in [-0.4, -0.2) is 43.7 Å². The molecule has 1 fully saturated rings. The molecule has 30 heavy (non-hydrogen) atoms. The van der Waals surface area contributed by atoms with Crippen LogP contribution in [0.1, 0.15) is 52.7 Å². The van der Waals surface area contributed by atoms with Crippen LogP contribution in [0.15, 0.2) is 47.5 Å². The van der Waals surface area contributed by atoms with Crippen molar-refractivity contribution in [2.24, 2.45) is 4.99 Å². The van der Waals surface area contributed by atoms with Crippen molar-refractivity contribution in [1.29, 1.82) is 0 Å². The maximum absolute atomic E-state index is 13.6. The van der Waals surface area contributed by atoms with Gasteiger partial charge < -0.3 is 4.90 Å². The van der Waals surface area contributed by atoms with Crippen molar-refractivity contribution in [2.75, 3.05) is 24.5 Å². The molecule has 0 bridgehead atoms. The van der Waals surface area contributed by atoms with Crippen LogP contribution in [0.3, 0.4) is 0 Å². The summed E-state index contributed by atoms with van der Waals surface area (Å²) in [7, 11) is 0. The smallest absolute Gasteiger partial charge is 0.265 e. The first-order chi connectivity index (χ1) is 14.5. The number of carbonyl (C=O) groups excluding carboxylic acids is 2. The van der Waals surface area contributed by atoms with E-state index in [-0.39, 0.29) is 11.8 Å². The molecule has 5 heteroatoms. The molecule has 0 aromatic heterocycles. The first-order valence-electron chi connectivity index (χ1n) is 10.9. The van der Waals surface area contributed by atoms with E-state index in [1.807, 2.05) is 56.3 Å². The van der Waals surface area contributed by atoms with Gasteiger partial charge in [-0.1, -0.05) is 36.4 Å². The highest BCUT2D eigenvalue weighted by Crippen LogP contribution is 2.35. The lowest BCUT2D eigenvalue weighted by Crippen LogP contribution is -3.13. The van der Waals surface area contributed by atoms with Crippen LogP contribution in [-0.2, 0) is 4.79 Å². The Balaban J connectivity index is 1.69. The molecule has 2 aromatic carbocycles. The molecule has 156 valence electrons. The van der Waals surface area contributed by atoms with Gasteiger partial charge in [-0.25, -0.2) is 4.90 Å². The largest absolute Gasteiger partial charge is 0.331 e. The molecule has 0 saturated carbocycles. The van der Waals surface area contributed by atoms with E-state index >= 15 is 0 Å². The number of anilines is 1. The molecule has 1 N–H and O–H groups in total. The Morgan fingerprint density at radius 3 is 2.57 bits per heavy atom. The molecule has 3 atom stereocenters. The lowest BCUT2D eigenvalue weighted by Gasteiger charge is -2.32. The normalized spacial score (nSPS) is 24.0. The summed E-state index contributed by atoms with van der Waals surface area (Å²) < 4.78 is 0. The van der Waals surface area contributed by atoms with Gasteiger partial charge in [-0.2, -0.15) is 0 Å². The molecule has 2 amide bonds. The number of amides is 2. The Morgan fingerprint density at radius 2 is 1.83 bits per heavy atom. The minimum atomic E-state index is -0.538. The zero-order valence-corrected chi connectivity index (χ0v) is 18.0. The molecule has 0 radical (unpaired) electrons. The SMILES string of the molecule is CC[NH+]1CCC[C@@H]1CN=CC1C(=O)N(c2c(C)cccc2C)C(=O)c2ccccc21. The van der Waals surface area contributed by atoms with Crippen LogP contribution >= 0.6 is 0 Å². The lowest BCUT2D eigenvalue weighted by atomic mass is 9.88. The van der Waals surface area contributed by atoms with Crippen LogP contribution in [0.4, 0.5) is 5.69 Å². The Morgan fingerprint density at radius 1 is 1.10 bits per heavy atom. The summed E-state index contributed by atoms with van der Waals surface area (Å²) >= 11 is 0. The minimum Gasteiger partial charge on any atom is -0.331 e. The highest BCUT2D eigenvalue weighted by molar-refractivity contribution is 6.29. The number of quaternary nitrogens is 1. The molecule has 2 unspecified atom stereocenters. The average Bonchev–Trinajstić information content (AvgIpc) is 3.20. The molecule has 2 aliphatic rings. The number of imide groups is 1. The molecular weight excluding hydrogens is 374 g/mol. The Kier molecular flexibility index (Phi) is 5.82. The fourth-order valence-corrected chi connectivity index (χ4v) is 4.93. The van der Waals surface area contributed by atoms with Crippen molar-refractivity contribution in [1.82, 2.24) is 0 Å². The Bertz CT molecular complexity index is 977. The van der Waals surface area contributed by atoms with Crippen molar-refractivity contribution < 1.29 is 14.5 Å². The zero-order valence-electron chi connectivity index (χ0n) is 18.0. The van der Waals surface area contributed by atoms with E-state index in [9.17, 15) is 9.59 Å².